The second-order valence-corrected chi connectivity index (χ2v) is 3.05. The van der Waals surface area contributed by atoms with Gasteiger partial charge >= 0.3 is 5.97 Å². The predicted molar refractivity (Wildman–Crippen MR) is 41.6 cm³/mol. The SMILES string of the molecule is CC1CC(c2ccco2)C(=O)O1. The van der Waals surface area contributed by atoms with Gasteiger partial charge < -0.3 is 9.15 Å². The minimum atomic E-state index is -0.185. The van der Waals surface area contributed by atoms with E-state index in [-0.39, 0.29) is 18.0 Å². The zero-order valence-electron chi connectivity index (χ0n) is 6.82. The van der Waals surface area contributed by atoms with Crippen molar-refractivity contribution < 1.29 is 13.9 Å². The molecule has 0 N–H and O–H groups in total. The van der Waals surface area contributed by atoms with E-state index in [0.717, 1.165) is 6.42 Å². The highest BCUT2D eigenvalue weighted by Crippen LogP contribution is 2.30. The number of esters is 1. The van der Waals surface area contributed by atoms with Gasteiger partial charge in [0.05, 0.1) is 6.26 Å². The summed E-state index contributed by atoms with van der Waals surface area (Å²) in [7, 11) is 0. The molecule has 2 heterocycles. The Morgan fingerprint density at radius 3 is 2.92 bits per heavy atom. The first-order chi connectivity index (χ1) is 5.77. The topological polar surface area (TPSA) is 39.4 Å². The lowest BCUT2D eigenvalue weighted by molar-refractivity contribution is -0.142. The minimum absolute atomic E-state index is 0.0209. The predicted octanol–water partition coefficient (Wildman–Crippen LogP) is 1.70. The summed E-state index contributed by atoms with van der Waals surface area (Å²) in [5.41, 5.74) is 0. The number of hydrogen-bond donors (Lipinski definition) is 0. The summed E-state index contributed by atoms with van der Waals surface area (Å²) < 4.78 is 10.1. The van der Waals surface area contributed by atoms with Crippen LogP contribution in [-0.2, 0) is 9.53 Å². The molecule has 1 aliphatic heterocycles. The normalized spacial score (nSPS) is 28.9. The van der Waals surface area contributed by atoms with E-state index in [1.807, 2.05) is 13.0 Å². The van der Waals surface area contributed by atoms with Crippen LogP contribution in [-0.4, -0.2) is 12.1 Å². The molecule has 1 aromatic heterocycles. The van der Waals surface area contributed by atoms with Crippen molar-refractivity contribution in [2.75, 3.05) is 0 Å². The zero-order chi connectivity index (χ0) is 8.55. The molecular formula is C9H10O3. The van der Waals surface area contributed by atoms with Crippen LogP contribution >= 0.6 is 0 Å². The standard InChI is InChI=1S/C9H10O3/c1-6-5-7(9(10)12-6)8-3-2-4-11-8/h2-4,6-7H,5H2,1H3. The number of hydrogen-bond acceptors (Lipinski definition) is 3. The Balaban J connectivity index is 2.21. The highest BCUT2D eigenvalue weighted by atomic mass is 16.6. The summed E-state index contributed by atoms with van der Waals surface area (Å²) in [6, 6.07) is 3.59. The van der Waals surface area contributed by atoms with Crippen LogP contribution in [0.25, 0.3) is 0 Å². The number of cyclic esters (lactones) is 1. The molecule has 12 heavy (non-hydrogen) atoms. The third kappa shape index (κ3) is 1.11. The van der Waals surface area contributed by atoms with Gasteiger partial charge in [0, 0.05) is 6.42 Å². The van der Waals surface area contributed by atoms with E-state index in [0.29, 0.717) is 5.76 Å². The van der Waals surface area contributed by atoms with Crippen LogP contribution in [0.4, 0.5) is 0 Å². The molecule has 1 aromatic rings. The summed E-state index contributed by atoms with van der Waals surface area (Å²) in [6.45, 7) is 1.89. The molecular weight excluding hydrogens is 156 g/mol. The maximum atomic E-state index is 11.2. The van der Waals surface area contributed by atoms with Gasteiger partial charge in [-0.3, -0.25) is 4.79 Å². The van der Waals surface area contributed by atoms with Crippen molar-refractivity contribution >= 4 is 5.97 Å². The number of rotatable bonds is 1. The average molecular weight is 166 g/mol. The molecule has 0 spiro atoms. The largest absolute Gasteiger partial charge is 0.468 e. The highest BCUT2D eigenvalue weighted by molar-refractivity contribution is 5.79. The Morgan fingerprint density at radius 2 is 2.42 bits per heavy atom. The molecule has 2 unspecified atom stereocenters. The Morgan fingerprint density at radius 1 is 1.58 bits per heavy atom. The van der Waals surface area contributed by atoms with Crippen molar-refractivity contribution in [1.29, 1.82) is 0 Å². The molecule has 64 valence electrons. The first-order valence-corrected chi connectivity index (χ1v) is 4.01. The molecule has 0 amide bonds. The Kier molecular flexibility index (Phi) is 1.64. The Hall–Kier alpha value is -1.25. The lowest BCUT2D eigenvalue weighted by atomic mass is 10.0. The van der Waals surface area contributed by atoms with Gasteiger partial charge in [-0.05, 0) is 19.1 Å². The van der Waals surface area contributed by atoms with Crippen molar-refractivity contribution in [2.45, 2.75) is 25.4 Å². The van der Waals surface area contributed by atoms with Crippen LogP contribution < -0.4 is 0 Å². The molecule has 1 aliphatic rings. The van der Waals surface area contributed by atoms with Crippen LogP contribution in [0, 0.1) is 0 Å². The van der Waals surface area contributed by atoms with E-state index >= 15 is 0 Å². The van der Waals surface area contributed by atoms with Crippen molar-refractivity contribution in [3.8, 4) is 0 Å². The third-order valence-electron chi connectivity index (χ3n) is 2.06. The molecule has 1 saturated heterocycles. The monoisotopic (exact) mass is 166 g/mol. The lowest BCUT2D eigenvalue weighted by Crippen LogP contribution is -2.04. The Labute approximate surface area is 70.3 Å². The highest BCUT2D eigenvalue weighted by Gasteiger charge is 2.34. The second kappa shape index (κ2) is 2.66. The van der Waals surface area contributed by atoms with Gasteiger partial charge in [0.2, 0.25) is 0 Å². The molecule has 0 bridgehead atoms. The summed E-state index contributed by atoms with van der Waals surface area (Å²) >= 11 is 0. The number of ether oxygens (including phenoxy) is 1. The molecule has 0 aliphatic carbocycles. The van der Waals surface area contributed by atoms with Crippen LogP contribution in [0.1, 0.15) is 25.0 Å². The van der Waals surface area contributed by atoms with Gasteiger partial charge in [-0.15, -0.1) is 0 Å². The second-order valence-electron chi connectivity index (χ2n) is 3.05. The molecule has 0 saturated carbocycles. The fourth-order valence-corrected chi connectivity index (χ4v) is 1.48. The zero-order valence-corrected chi connectivity index (χ0v) is 6.82. The van der Waals surface area contributed by atoms with Crippen molar-refractivity contribution in [3.05, 3.63) is 24.2 Å². The van der Waals surface area contributed by atoms with E-state index in [9.17, 15) is 4.79 Å². The molecule has 1 fully saturated rings. The van der Waals surface area contributed by atoms with E-state index < -0.39 is 0 Å². The van der Waals surface area contributed by atoms with E-state index in [2.05, 4.69) is 0 Å². The maximum absolute atomic E-state index is 11.2. The van der Waals surface area contributed by atoms with E-state index in [1.165, 1.54) is 0 Å². The van der Waals surface area contributed by atoms with Crippen molar-refractivity contribution in [2.24, 2.45) is 0 Å². The van der Waals surface area contributed by atoms with Crippen molar-refractivity contribution in [1.82, 2.24) is 0 Å². The van der Waals surface area contributed by atoms with Crippen LogP contribution in [0.3, 0.4) is 0 Å². The Bertz CT molecular complexity index is 276. The summed E-state index contributed by atoms with van der Waals surface area (Å²) in [6.07, 6.45) is 2.32. The van der Waals surface area contributed by atoms with Gasteiger partial charge in [-0.1, -0.05) is 0 Å². The van der Waals surface area contributed by atoms with E-state index in [1.54, 1.807) is 12.3 Å². The lowest BCUT2D eigenvalue weighted by Gasteiger charge is -1.98. The summed E-state index contributed by atoms with van der Waals surface area (Å²) in [5.74, 6) is 0.358. The van der Waals surface area contributed by atoms with Crippen LogP contribution in [0.5, 0.6) is 0 Å². The molecule has 2 atom stereocenters. The number of carbonyl (C=O) groups excluding carboxylic acids is 1. The van der Waals surface area contributed by atoms with Gasteiger partial charge in [0.1, 0.15) is 17.8 Å². The van der Waals surface area contributed by atoms with Crippen LogP contribution in [0.2, 0.25) is 0 Å². The number of furan rings is 1. The quantitative estimate of drug-likeness (QED) is 0.596. The van der Waals surface area contributed by atoms with Gasteiger partial charge in [-0.25, -0.2) is 0 Å². The van der Waals surface area contributed by atoms with Gasteiger partial charge in [0.25, 0.3) is 0 Å². The fraction of sp³-hybridized carbons (Fsp3) is 0.444. The van der Waals surface area contributed by atoms with Gasteiger partial charge in [-0.2, -0.15) is 0 Å². The molecule has 3 nitrogen and oxygen atoms in total. The molecule has 2 rings (SSSR count). The van der Waals surface area contributed by atoms with Crippen LogP contribution in [0.15, 0.2) is 22.8 Å². The first-order valence-electron chi connectivity index (χ1n) is 4.01. The molecule has 0 radical (unpaired) electrons. The summed E-state index contributed by atoms with van der Waals surface area (Å²) in [4.78, 5) is 11.2. The molecule has 3 heteroatoms. The average Bonchev–Trinajstić information content (AvgIpc) is 2.58. The third-order valence-corrected chi connectivity index (χ3v) is 2.06. The minimum Gasteiger partial charge on any atom is -0.468 e. The van der Waals surface area contributed by atoms with Gasteiger partial charge in [0.15, 0.2) is 0 Å². The smallest absolute Gasteiger partial charge is 0.317 e. The molecule has 0 aromatic carbocycles. The number of carbonyl (C=O) groups is 1. The maximum Gasteiger partial charge on any atom is 0.317 e. The summed E-state index contributed by atoms with van der Waals surface area (Å²) in [5, 5.41) is 0. The fourth-order valence-electron chi connectivity index (χ4n) is 1.48. The first kappa shape index (κ1) is 7.40. The van der Waals surface area contributed by atoms with E-state index in [4.69, 9.17) is 9.15 Å². The van der Waals surface area contributed by atoms with Crippen molar-refractivity contribution in [3.63, 3.8) is 0 Å².